The number of phenolic OH excluding ortho intramolecular Hbond substituents is 1. The van der Waals surface area contributed by atoms with Crippen molar-refractivity contribution in [3.05, 3.63) is 33.4 Å². The molecule has 1 aliphatic rings. The molecule has 1 aliphatic heterocycles. The van der Waals surface area contributed by atoms with E-state index in [-0.39, 0.29) is 17.7 Å². The number of nitro groups is 1. The highest BCUT2D eigenvalue weighted by Crippen LogP contribution is 2.35. The number of nitro benzene ring substituents is 1. The Morgan fingerprint density at radius 1 is 1.50 bits per heavy atom. The number of cyclic esters (lactones) is 1. The van der Waals surface area contributed by atoms with Gasteiger partial charge >= 0.3 is 11.7 Å². The Morgan fingerprint density at radius 3 is 2.86 bits per heavy atom. The van der Waals surface area contributed by atoms with Crippen LogP contribution < -0.4 is 0 Å². The summed E-state index contributed by atoms with van der Waals surface area (Å²) in [6, 6.07) is 2.43. The molecule has 1 N–H and O–H groups in total. The van der Waals surface area contributed by atoms with Crippen LogP contribution in [0.5, 0.6) is 5.75 Å². The van der Waals surface area contributed by atoms with Gasteiger partial charge in [-0.3, -0.25) is 10.1 Å². The van der Waals surface area contributed by atoms with Crippen molar-refractivity contribution in [1.29, 1.82) is 0 Å². The maximum atomic E-state index is 11.0. The molecular weight excluding hydrogens is 190 g/mol. The minimum absolute atomic E-state index is 0.139. The van der Waals surface area contributed by atoms with Crippen LogP contribution in [0.25, 0.3) is 0 Å². The second-order valence-corrected chi connectivity index (χ2v) is 2.79. The summed E-state index contributed by atoms with van der Waals surface area (Å²) in [7, 11) is 0. The Hall–Kier alpha value is -2.11. The van der Waals surface area contributed by atoms with Crippen LogP contribution in [0.15, 0.2) is 12.1 Å². The summed E-state index contributed by atoms with van der Waals surface area (Å²) in [6.45, 7) is -0.154. The molecule has 0 spiro atoms. The number of ether oxygens (including phenoxy) is 1. The Morgan fingerprint density at radius 2 is 2.21 bits per heavy atom. The largest absolute Gasteiger partial charge is 0.502 e. The zero-order valence-electron chi connectivity index (χ0n) is 6.89. The van der Waals surface area contributed by atoms with Crippen LogP contribution in [0.1, 0.15) is 15.9 Å². The van der Waals surface area contributed by atoms with Gasteiger partial charge in [0, 0.05) is 0 Å². The summed E-state index contributed by atoms with van der Waals surface area (Å²) in [4.78, 5) is 20.9. The van der Waals surface area contributed by atoms with Crippen LogP contribution in [-0.4, -0.2) is 16.0 Å². The fourth-order valence-corrected chi connectivity index (χ4v) is 1.38. The normalized spacial score (nSPS) is 13.6. The van der Waals surface area contributed by atoms with Gasteiger partial charge in [-0.05, 0) is 12.1 Å². The lowest BCUT2D eigenvalue weighted by atomic mass is 10.1. The summed E-state index contributed by atoms with van der Waals surface area (Å²) >= 11 is 0. The number of aromatic hydroxyl groups is 1. The first-order valence-electron chi connectivity index (χ1n) is 3.77. The lowest BCUT2D eigenvalue weighted by Gasteiger charge is -1.98. The molecule has 0 fully saturated rings. The van der Waals surface area contributed by atoms with Crippen molar-refractivity contribution in [2.45, 2.75) is 6.61 Å². The Labute approximate surface area is 77.9 Å². The molecule has 0 radical (unpaired) electrons. The highest BCUT2D eigenvalue weighted by Gasteiger charge is 2.31. The topological polar surface area (TPSA) is 89.7 Å². The first-order chi connectivity index (χ1) is 6.61. The molecule has 14 heavy (non-hydrogen) atoms. The van der Waals surface area contributed by atoms with E-state index in [1.165, 1.54) is 6.07 Å². The van der Waals surface area contributed by atoms with E-state index in [0.717, 1.165) is 6.07 Å². The monoisotopic (exact) mass is 195 g/mol. The van der Waals surface area contributed by atoms with Gasteiger partial charge in [0.2, 0.25) is 0 Å². The Balaban J connectivity index is 2.71. The fourth-order valence-electron chi connectivity index (χ4n) is 1.38. The number of fused-ring (bicyclic) bond motifs is 1. The summed E-state index contributed by atoms with van der Waals surface area (Å²) in [6.07, 6.45) is 0. The van der Waals surface area contributed by atoms with E-state index in [4.69, 9.17) is 0 Å². The number of hydrogen-bond acceptors (Lipinski definition) is 5. The minimum Gasteiger partial charge on any atom is -0.502 e. The average molecular weight is 195 g/mol. The van der Waals surface area contributed by atoms with Crippen LogP contribution in [-0.2, 0) is 11.3 Å². The molecule has 0 unspecified atom stereocenters. The van der Waals surface area contributed by atoms with E-state index in [1.807, 2.05) is 0 Å². The molecule has 6 heteroatoms. The van der Waals surface area contributed by atoms with E-state index in [1.54, 1.807) is 0 Å². The summed E-state index contributed by atoms with van der Waals surface area (Å²) < 4.78 is 4.61. The van der Waals surface area contributed by atoms with E-state index >= 15 is 0 Å². The molecule has 1 heterocycles. The van der Waals surface area contributed by atoms with Gasteiger partial charge in [0.1, 0.15) is 6.61 Å². The van der Waals surface area contributed by atoms with Crippen molar-refractivity contribution in [3.8, 4) is 5.75 Å². The lowest BCUT2D eigenvalue weighted by Crippen LogP contribution is -1.96. The fraction of sp³-hybridized carbons (Fsp3) is 0.125. The number of benzene rings is 1. The van der Waals surface area contributed by atoms with Crippen molar-refractivity contribution in [2.75, 3.05) is 0 Å². The number of hydrogen-bond donors (Lipinski definition) is 1. The quantitative estimate of drug-likeness (QED) is 0.409. The van der Waals surface area contributed by atoms with Crippen LogP contribution in [0.4, 0.5) is 5.69 Å². The summed E-state index contributed by atoms with van der Waals surface area (Å²) in [5, 5.41) is 19.8. The molecule has 0 saturated heterocycles. The van der Waals surface area contributed by atoms with Gasteiger partial charge in [-0.2, -0.15) is 0 Å². The molecule has 1 aromatic rings. The van der Waals surface area contributed by atoms with E-state index in [0.29, 0.717) is 0 Å². The molecule has 6 nitrogen and oxygen atoms in total. The third-order valence-electron chi connectivity index (χ3n) is 2.01. The highest BCUT2D eigenvalue weighted by molar-refractivity contribution is 5.95. The SMILES string of the molecule is O=C1OCc2c1ccc(O)c2[N+](=O)[O-]. The first-order valence-corrected chi connectivity index (χ1v) is 3.77. The van der Waals surface area contributed by atoms with Crippen molar-refractivity contribution < 1.29 is 19.6 Å². The number of carbonyl (C=O) groups excluding carboxylic acids is 1. The van der Waals surface area contributed by atoms with Crippen LogP contribution in [0.2, 0.25) is 0 Å². The molecule has 0 bridgehead atoms. The van der Waals surface area contributed by atoms with E-state index in [9.17, 15) is 20.0 Å². The Kier molecular flexibility index (Phi) is 1.63. The molecule has 72 valence electrons. The van der Waals surface area contributed by atoms with Gasteiger partial charge in [-0.1, -0.05) is 0 Å². The van der Waals surface area contributed by atoms with Gasteiger partial charge in [0.25, 0.3) is 0 Å². The van der Waals surface area contributed by atoms with Gasteiger partial charge in [-0.25, -0.2) is 4.79 Å². The van der Waals surface area contributed by atoms with Gasteiger partial charge in [-0.15, -0.1) is 0 Å². The van der Waals surface area contributed by atoms with E-state index in [2.05, 4.69) is 4.74 Å². The number of nitrogens with zero attached hydrogens (tertiary/aromatic N) is 1. The number of rotatable bonds is 1. The van der Waals surface area contributed by atoms with Crippen LogP contribution in [0.3, 0.4) is 0 Å². The summed E-state index contributed by atoms with van der Waals surface area (Å²) in [5.74, 6) is -1.05. The Bertz CT molecular complexity index is 440. The van der Waals surface area contributed by atoms with Gasteiger partial charge in [0.15, 0.2) is 5.75 Å². The van der Waals surface area contributed by atoms with Gasteiger partial charge in [0.05, 0.1) is 16.1 Å². The molecule has 0 aliphatic carbocycles. The molecule has 0 amide bonds. The van der Waals surface area contributed by atoms with Crippen molar-refractivity contribution in [3.63, 3.8) is 0 Å². The third-order valence-corrected chi connectivity index (χ3v) is 2.01. The van der Waals surface area contributed by atoms with Gasteiger partial charge < -0.3 is 9.84 Å². The number of esters is 1. The minimum atomic E-state index is -0.726. The second kappa shape index (κ2) is 2.69. The van der Waals surface area contributed by atoms with Crippen molar-refractivity contribution >= 4 is 11.7 Å². The average Bonchev–Trinajstić information content (AvgIpc) is 2.47. The van der Waals surface area contributed by atoms with E-state index < -0.39 is 22.3 Å². The summed E-state index contributed by atoms with van der Waals surface area (Å²) in [5.41, 5.74) is -0.164. The predicted molar refractivity (Wildman–Crippen MR) is 43.9 cm³/mol. The number of phenols is 1. The molecule has 1 aromatic carbocycles. The maximum absolute atomic E-state index is 11.0. The maximum Gasteiger partial charge on any atom is 0.339 e. The second-order valence-electron chi connectivity index (χ2n) is 2.79. The first kappa shape index (κ1) is 8.49. The third kappa shape index (κ3) is 1.00. The van der Waals surface area contributed by atoms with Crippen LogP contribution >= 0.6 is 0 Å². The standard InChI is InChI=1S/C8H5NO5/c10-6-2-1-4-5(3-14-8(4)11)7(6)9(12)13/h1-2,10H,3H2. The molecular formula is C8H5NO5. The molecule has 0 aromatic heterocycles. The number of carbonyl (C=O) groups is 1. The highest BCUT2D eigenvalue weighted by atomic mass is 16.6. The molecule has 0 saturated carbocycles. The zero-order chi connectivity index (χ0) is 10.3. The van der Waals surface area contributed by atoms with Crippen LogP contribution in [0, 0.1) is 10.1 Å². The predicted octanol–water partition coefficient (Wildman–Crippen LogP) is 0.971. The smallest absolute Gasteiger partial charge is 0.339 e. The van der Waals surface area contributed by atoms with Crippen molar-refractivity contribution in [1.82, 2.24) is 0 Å². The molecule has 0 atom stereocenters. The molecule has 2 rings (SSSR count). The zero-order valence-corrected chi connectivity index (χ0v) is 6.89. The lowest BCUT2D eigenvalue weighted by molar-refractivity contribution is -0.386. The van der Waals surface area contributed by atoms with Crippen molar-refractivity contribution in [2.24, 2.45) is 0 Å².